The lowest BCUT2D eigenvalue weighted by molar-refractivity contribution is -0.181. The summed E-state index contributed by atoms with van der Waals surface area (Å²) in [4.78, 5) is 5.29. The molecule has 0 heterocycles. The molecule has 102 valence electrons. The van der Waals surface area contributed by atoms with E-state index in [0.29, 0.717) is 11.1 Å². The van der Waals surface area contributed by atoms with Crippen molar-refractivity contribution < 1.29 is 26.4 Å². The van der Waals surface area contributed by atoms with E-state index in [4.69, 9.17) is 0 Å². The van der Waals surface area contributed by atoms with Crippen LogP contribution in [0, 0.1) is 13.8 Å². The Labute approximate surface area is 103 Å². The van der Waals surface area contributed by atoms with E-state index in [1.807, 2.05) is 0 Å². The van der Waals surface area contributed by atoms with E-state index < -0.39 is 22.8 Å². The van der Waals surface area contributed by atoms with Gasteiger partial charge in [-0.15, -0.1) is 0 Å². The first-order valence-electron chi connectivity index (χ1n) is 4.89. The quantitative estimate of drug-likeness (QED) is 0.861. The Bertz CT molecular complexity index is 526. The van der Waals surface area contributed by atoms with Gasteiger partial charge in [0.25, 0.3) is 10.0 Å². The van der Waals surface area contributed by atoms with Crippen LogP contribution in [0.3, 0.4) is 0 Å². The summed E-state index contributed by atoms with van der Waals surface area (Å²) in [5.74, 6) is 0. The highest BCUT2D eigenvalue weighted by molar-refractivity contribution is 7.89. The third-order valence-corrected chi connectivity index (χ3v) is 3.39. The zero-order valence-electron chi connectivity index (χ0n) is 9.71. The second kappa shape index (κ2) is 5.25. The molecular weight excluding hydrogens is 271 g/mol. The Kier molecular flexibility index (Phi) is 4.36. The number of alkyl halides is 3. The van der Waals surface area contributed by atoms with Crippen molar-refractivity contribution in [2.24, 2.45) is 0 Å². The molecule has 0 bridgehead atoms. The minimum Gasteiger partial charge on any atom is -0.277 e. The topological polar surface area (TPSA) is 55.4 Å². The minimum absolute atomic E-state index is 0.107. The van der Waals surface area contributed by atoms with Crippen LogP contribution in [0.15, 0.2) is 23.1 Å². The number of benzene rings is 1. The number of rotatable bonds is 4. The minimum atomic E-state index is -4.59. The Morgan fingerprint density at radius 3 is 2.44 bits per heavy atom. The van der Waals surface area contributed by atoms with Crippen molar-refractivity contribution in [3.63, 3.8) is 0 Å². The summed E-state index contributed by atoms with van der Waals surface area (Å²) in [6.45, 7) is 1.53. The Morgan fingerprint density at radius 1 is 1.28 bits per heavy atom. The van der Waals surface area contributed by atoms with Gasteiger partial charge in [0.1, 0.15) is 0 Å². The third kappa shape index (κ3) is 4.28. The van der Waals surface area contributed by atoms with E-state index >= 15 is 0 Å². The highest BCUT2D eigenvalue weighted by Crippen LogP contribution is 2.18. The molecule has 0 saturated heterocycles. The second-order valence-corrected chi connectivity index (χ2v) is 5.37. The molecule has 0 aliphatic heterocycles. The summed E-state index contributed by atoms with van der Waals surface area (Å²) >= 11 is 0. The van der Waals surface area contributed by atoms with Crippen LogP contribution in [0.25, 0.3) is 0 Å². The molecule has 0 spiro atoms. The maximum absolute atomic E-state index is 11.8. The molecule has 0 aliphatic rings. The van der Waals surface area contributed by atoms with Crippen molar-refractivity contribution in [3.05, 3.63) is 29.3 Å². The standard InChI is InChI=1S/C10H12F3NO3S/c1-7-3-4-8(2)9(5-7)18(15,16)14-17-6-10(11,12)13/h3-5,14H,6H2,1-2H3. The molecule has 0 radical (unpaired) electrons. The highest BCUT2D eigenvalue weighted by Gasteiger charge is 2.29. The molecule has 1 aromatic rings. The van der Waals surface area contributed by atoms with Crippen LogP contribution in [0.5, 0.6) is 0 Å². The molecule has 4 nitrogen and oxygen atoms in total. The van der Waals surface area contributed by atoms with Crippen molar-refractivity contribution in [1.29, 1.82) is 0 Å². The largest absolute Gasteiger partial charge is 0.413 e. The van der Waals surface area contributed by atoms with Crippen molar-refractivity contribution in [2.45, 2.75) is 24.9 Å². The second-order valence-electron chi connectivity index (χ2n) is 3.76. The Balaban J connectivity index is 2.84. The van der Waals surface area contributed by atoms with Gasteiger partial charge in [-0.05, 0) is 31.0 Å². The van der Waals surface area contributed by atoms with Gasteiger partial charge >= 0.3 is 6.18 Å². The summed E-state index contributed by atoms with van der Waals surface area (Å²) in [6, 6.07) is 4.62. The van der Waals surface area contributed by atoms with E-state index in [1.165, 1.54) is 17.9 Å². The number of hydrogen-bond acceptors (Lipinski definition) is 3. The maximum atomic E-state index is 11.8. The summed E-state index contributed by atoms with van der Waals surface area (Å²) in [7, 11) is -4.11. The summed E-state index contributed by atoms with van der Waals surface area (Å²) < 4.78 is 58.8. The van der Waals surface area contributed by atoms with Gasteiger partial charge in [-0.25, -0.2) is 8.42 Å². The number of aryl methyl sites for hydroxylation is 2. The lowest BCUT2D eigenvalue weighted by Crippen LogP contribution is -2.30. The zero-order valence-corrected chi connectivity index (χ0v) is 10.5. The molecule has 0 saturated carbocycles. The van der Waals surface area contributed by atoms with Gasteiger partial charge in [-0.3, -0.25) is 4.84 Å². The summed E-state index contributed by atoms with van der Waals surface area (Å²) in [6.07, 6.45) is -4.59. The SMILES string of the molecule is Cc1ccc(C)c(S(=O)(=O)NOCC(F)(F)F)c1. The zero-order chi connectivity index (χ0) is 14.0. The first-order chi connectivity index (χ1) is 8.12. The predicted molar refractivity (Wildman–Crippen MR) is 58.2 cm³/mol. The molecule has 0 amide bonds. The van der Waals surface area contributed by atoms with Crippen molar-refractivity contribution in [3.8, 4) is 0 Å². The van der Waals surface area contributed by atoms with E-state index in [2.05, 4.69) is 4.84 Å². The molecule has 0 aromatic heterocycles. The lowest BCUT2D eigenvalue weighted by Gasteiger charge is -2.11. The molecule has 1 aromatic carbocycles. The Hall–Kier alpha value is -1.12. The van der Waals surface area contributed by atoms with Crippen molar-refractivity contribution in [2.75, 3.05) is 6.61 Å². The fraction of sp³-hybridized carbons (Fsp3) is 0.400. The molecule has 18 heavy (non-hydrogen) atoms. The van der Waals surface area contributed by atoms with Gasteiger partial charge in [-0.1, -0.05) is 17.0 Å². The molecule has 1 rings (SSSR count). The van der Waals surface area contributed by atoms with Gasteiger partial charge in [0.2, 0.25) is 0 Å². The van der Waals surface area contributed by atoms with Gasteiger partial charge in [0.05, 0.1) is 4.90 Å². The highest BCUT2D eigenvalue weighted by atomic mass is 32.2. The molecule has 0 atom stereocenters. The fourth-order valence-electron chi connectivity index (χ4n) is 1.23. The number of hydrogen-bond donors (Lipinski definition) is 1. The van der Waals surface area contributed by atoms with E-state index in [0.717, 1.165) is 0 Å². The first-order valence-corrected chi connectivity index (χ1v) is 6.38. The molecular formula is C10H12F3NO3S. The molecule has 0 aliphatic carbocycles. The molecule has 1 N–H and O–H groups in total. The van der Waals surface area contributed by atoms with Crippen LogP contribution in [0.1, 0.15) is 11.1 Å². The summed E-state index contributed by atoms with van der Waals surface area (Å²) in [5.41, 5.74) is 1.10. The van der Waals surface area contributed by atoms with Gasteiger partial charge in [0, 0.05) is 0 Å². The van der Waals surface area contributed by atoms with Crippen LogP contribution >= 0.6 is 0 Å². The van der Waals surface area contributed by atoms with Gasteiger partial charge < -0.3 is 0 Å². The average Bonchev–Trinajstić information content (AvgIpc) is 2.19. The van der Waals surface area contributed by atoms with Gasteiger partial charge in [-0.2, -0.15) is 13.2 Å². The number of halogens is 3. The van der Waals surface area contributed by atoms with Crippen molar-refractivity contribution >= 4 is 10.0 Å². The summed E-state index contributed by atoms with van der Waals surface area (Å²) in [5, 5.41) is 0. The Morgan fingerprint density at radius 2 is 1.89 bits per heavy atom. The fourth-order valence-corrected chi connectivity index (χ4v) is 2.37. The predicted octanol–water partition coefficient (Wildman–Crippen LogP) is 2.08. The maximum Gasteiger partial charge on any atom is 0.413 e. The smallest absolute Gasteiger partial charge is 0.277 e. The monoisotopic (exact) mass is 283 g/mol. The van der Waals surface area contributed by atoms with Crippen LogP contribution in [0.2, 0.25) is 0 Å². The van der Waals surface area contributed by atoms with Crippen LogP contribution in [-0.4, -0.2) is 21.2 Å². The molecule has 0 unspecified atom stereocenters. The molecule has 8 heteroatoms. The number of nitrogens with one attached hydrogen (secondary N) is 1. The average molecular weight is 283 g/mol. The lowest BCUT2D eigenvalue weighted by atomic mass is 10.2. The molecule has 0 fully saturated rings. The number of sulfonamides is 1. The van der Waals surface area contributed by atoms with Crippen molar-refractivity contribution in [1.82, 2.24) is 4.89 Å². The van der Waals surface area contributed by atoms with E-state index in [1.54, 1.807) is 19.1 Å². The van der Waals surface area contributed by atoms with Crippen LogP contribution < -0.4 is 4.89 Å². The normalized spacial score (nSPS) is 12.7. The van der Waals surface area contributed by atoms with E-state index in [9.17, 15) is 21.6 Å². The third-order valence-electron chi connectivity index (χ3n) is 2.04. The van der Waals surface area contributed by atoms with Gasteiger partial charge in [0.15, 0.2) is 6.61 Å². The van der Waals surface area contributed by atoms with Crippen LogP contribution in [0.4, 0.5) is 13.2 Å². The van der Waals surface area contributed by atoms with E-state index in [-0.39, 0.29) is 4.90 Å². The van der Waals surface area contributed by atoms with Crippen LogP contribution in [-0.2, 0) is 14.9 Å². The first kappa shape index (κ1) is 14.9.